The standard InChI is InChI=1S/C17H31N3OS/c1-17(2,3)16-18-12-15(22-16)13-20-9-6-14(7-10-20)19(4)8-5-11-21/h12,14,21H,5-11,13H2,1-4H3. The fourth-order valence-electron chi connectivity index (χ4n) is 2.97. The van der Waals surface area contributed by atoms with E-state index in [1.54, 1.807) is 0 Å². The largest absolute Gasteiger partial charge is 0.396 e. The summed E-state index contributed by atoms with van der Waals surface area (Å²) >= 11 is 1.86. The summed E-state index contributed by atoms with van der Waals surface area (Å²) in [6.45, 7) is 11.3. The van der Waals surface area contributed by atoms with E-state index in [-0.39, 0.29) is 5.41 Å². The van der Waals surface area contributed by atoms with Crippen LogP contribution in [0.5, 0.6) is 0 Å². The lowest BCUT2D eigenvalue weighted by Gasteiger charge is -2.36. The van der Waals surface area contributed by atoms with Crippen molar-refractivity contribution >= 4 is 11.3 Å². The van der Waals surface area contributed by atoms with Gasteiger partial charge in [0.25, 0.3) is 0 Å². The molecule has 0 unspecified atom stereocenters. The lowest BCUT2D eigenvalue weighted by molar-refractivity contribution is 0.118. The van der Waals surface area contributed by atoms with Crippen molar-refractivity contribution in [1.29, 1.82) is 0 Å². The number of hydrogen-bond donors (Lipinski definition) is 1. The zero-order valence-electron chi connectivity index (χ0n) is 14.5. The third kappa shape index (κ3) is 5.01. The smallest absolute Gasteiger partial charge is 0.0981 e. The number of piperidine rings is 1. The summed E-state index contributed by atoms with van der Waals surface area (Å²) in [6, 6.07) is 0.675. The van der Waals surface area contributed by atoms with Gasteiger partial charge in [0, 0.05) is 55.3 Å². The minimum atomic E-state index is 0.158. The van der Waals surface area contributed by atoms with E-state index in [9.17, 15) is 0 Å². The molecule has 1 saturated heterocycles. The molecule has 1 N–H and O–H groups in total. The third-order valence-corrected chi connectivity index (χ3v) is 5.83. The number of nitrogens with zero attached hydrogens (tertiary/aromatic N) is 3. The van der Waals surface area contributed by atoms with Crippen molar-refractivity contribution in [2.45, 2.75) is 58.0 Å². The Balaban J connectivity index is 1.79. The molecule has 0 aliphatic carbocycles. The Labute approximate surface area is 139 Å². The molecular formula is C17H31N3OS. The molecule has 0 radical (unpaired) electrons. The van der Waals surface area contributed by atoms with Crippen LogP contribution in [0, 0.1) is 0 Å². The lowest BCUT2D eigenvalue weighted by atomic mass is 9.98. The van der Waals surface area contributed by atoms with Crippen LogP contribution in [0.1, 0.15) is 49.9 Å². The number of aliphatic hydroxyl groups is 1. The van der Waals surface area contributed by atoms with Gasteiger partial charge in [0.2, 0.25) is 0 Å². The van der Waals surface area contributed by atoms with Gasteiger partial charge >= 0.3 is 0 Å². The average molecular weight is 326 g/mol. The SMILES string of the molecule is CN(CCCO)C1CCN(Cc2cnc(C(C)(C)C)s2)CC1. The number of aliphatic hydroxyl groups excluding tert-OH is 1. The first-order chi connectivity index (χ1) is 10.4. The van der Waals surface area contributed by atoms with E-state index >= 15 is 0 Å². The van der Waals surface area contributed by atoms with Gasteiger partial charge in [-0.05, 0) is 26.3 Å². The topological polar surface area (TPSA) is 39.6 Å². The second kappa shape index (κ2) is 7.86. The average Bonchev–Trinajstić information content (AvgIpc) is 2.94. The first kappa shape index (κ1) is 17.9. The molecule has 0 saturated carbocycles. The number of aromatic nitrogens is 1. The molecule has 1 aliphatic heterocycles. The Morgan fingerprint density at radius 3 is 2.59 bits per heavy atom. The van der Waals surface area contributed by atoms with E-state index in [1.807, 2.05) is 11.3 Å². The molecule has 126 valence electrons. The number of hydrogen-bond acceptors (Lipinski definition) is 5. The van der Waals surface area contributed by atoms with Crippen molar-refractivity contribution in [2.75, 3.05) is 33.3 Å². The fraction of sp³-hybridized carbons (Fsp3) is 0.824. The zero-order chi connectivity index (χ0) is 16.2. The van der Waals surface area contributed by atoms with E-state index in [0.29, 0.717) is 12.6 Å². The normalized spacial score (nSPS) is 18.3. The predicted molar refractivity (Wildman–Crippen MR) is 93.4 cm³/mol. The Morgan fingerprint density at radius 2 is 2.05 bits per heavy atom. The maximum atomic E-state index is 8.94. The van der Waals surface area contributed by atoms with Gasteiger partial charge < -0.3 is 10.0 Å². The lowest BCUT2D eigenvalue weighted by Crippen LogP contribution is -2.43. The summed E-state index contributed by atoms with van der Waals surface area (Å²) in [5.41, 5.74) is 0.158. The van der Waals surface area contributed by atoms with Gasteiger partial charge in [-0.3, -0.25) is 4.90 Å². The molecule has 1 fully saturated rings. The summed E-state index contributed by atoms with van der Waals surface area (Å²) in [6.07, 6.45) is 5.40. The molecule has 5 heteroatoms. The first-order valence-corrected chi connectivity index (χ1v) is 9.20. The Bertz CT molecular complexity index is 447. The van der Waals surface area contributed by atoms with Gasteiger partial charge in [-0.15, -0.1) is 11.3 Å². The highest BCUT2D eigenvalue weighted by Gasteiger charge is 2.23. The fourth-order valence-corrected chi connectivity index (χ4v) is 3.98. The molecule has 2 heterocycles. The zero-order valence-corrected chi connectivity index (χ0v) is 15.3. The Morgan fingerprint density at radius 1 is 1.36 bits per heavy atom. The molecule has 22 heavy (non-hydrogen) atoms. The highest BCUT2D eigenvalue weighted by atomic mass is 32.1. The van der Waals surface area contributed by atoms with Gasteiger partial charge in [0.05, 0.1) is 5.01 Å². The van der Waals surface area contributed by atoms with Gasteiger partial charge in [-0.1, -0.05) is 20.8 Å². The molecule has 1 aliphatic rings. The van der Waals surface area contributed by atoms with Gasteiger partial charge in [-0.2, -0.15) is 0 Å². The van der Waals surface area contributed by atoms with Crippen molar-refractivity contribution in [3.05, 3.63) is 16.1 Å². The van der Waals surface area contributed by atoms with Crippen LogP contribution < -0.4 is 0 Å². The molecule has 2 rings (SSSR count). The summed E-state index contributed by atoms with van der Waals surface area (Å²) < 4.78 is 0. The monoisotopic (exact) mass is 325 g/mol. The maximum Gasteiger partial charge on any atom is 0.0981 e. The summed E-state index contributed by atoms with van der Waals surface area (Å²) in [4.78, 5) is 10.9. The second-order valence-corrected chi connectivity index (χ2v) is 8.56. The number of likely N-dealkylation sites (tertiary alicyclic amines) is 1. The van der Waals surface area contributed by atoms with Crippen LogP contribution in [0.3, 0.4) is 0 Å². The molecular weight excluding hydrogens is 294 g/mol. The van der Waals surface area contributed by atoms with Crippen LogP contribution in [-0.2, 0) is 12.0 Å². The molecule has 0 amide bonds. The quantitative estimate of drug-likeness (QED) is 0.873. The Kier molecular flexibility index (Phi) is 6.38. The predicted octanol–water partition coefficient (Wildman–Crippen LogP) is 2.72. The third-order valence-electron chi connectivity index (χ3n) is 4.42. The van der Waals surface area contributed by atoms with E-state index in [2.05, 4.69) is 48.8 Å². The molecule has 0 atom stereocenters. The first-order valence-electron chi connectivity index (χ1n) is 8.39. The van der Waals surface area contributed by atoms with Crippen molar-refractivity contribution in [3.63, 3.8) is 0 Å². The Hall–Kier alpha value is -0.490. The van der Waals surface area contributed by atoms with E-state index in [1.165, 1.54) is 22.7 Å². The summed E-state index contributed by atoms with van der Waals surface area (Å²) in [5, 5.41) is 10.2. The number of rotatable bonds is 6. The molecule has 1 aromatic rings. The van der Waals surface area contributed by atoms with Crippen LogP contribution in [-0.4, -0.2) is 59.2 Å². The second-order valence-electron chi connectivity index (χ2n) is 7.45. The molecule has 0 bridgehead atoms. The van der Waals surface area contributed by atoms with Crippen LogP contribution in [0.15, 0.2) is 6.20 Å². The minimum Gasteiger partial charge on any atom is -0.396 e. The maximum absolute atomic E-state index is 8.94. The highest BCUT2D eigenvalue weighted by molar-refractivity contribution is 7.11. The number of thiazole rings is 1. The van der Waals surface area contributed by atoms with Crippen LogP contribution in [0.25, 0.3) is 0 Å². The van der Waals surface area contributed by atoms with E-state index < -0.39 is 0 Å². The molecule has 4 nitrogen and oxygen atoms in total. The van der Waals surface area contributed by atoms with Crippen LogP contribution >= 0.6 is 11.3 Å². The van der Waals surface area contributed by atoms with E-state index in [0.717, 1.165) is 32.6 Å². The van der Waals surface area contributed by atoms with Crippen LogP contribution in [0.4, 0.5) is 0 Å². The summed E-state index contributed by atoms with van der Waals surface area (Å²) in [5.74, 6) is 0. The molecule has 0 aromatic carbocycles. The van der Waals surface area contributed by atoms with Crippen LogP contribution in [0.2, 0.25) is 0 Å². The van der Waals surface area contributed by atoms with Crippen molar-refractivity contribution in [2.24, 2.45) is 0 Å². The summed E-state index contributed by atoms with van der Waals surface area (Å²) in [7, 11) is 2.19. The molecule has 1 aromatic heterocycles. The molecule has 0 spiro atoms. The van der Waals surface area contributed by atoms with E-state index in [4.69, 9.17) is 5.11 Å². The van der Waals surface area contributed by atoms with Crippen molar-refractivity contribution < 1.29 is 5.11 Å². The van der Waals surface area contributed by atoms with Gasteiger partial charge in [-0.25, -0.2) is 4.98 Å². The highest BCUT2D eigenvalue weighted by Crippen LogP contribution is 2.28. The van der Waals surface area contributed by atoms with Gasteiger partial charge in [0.1, 0.15) is 0 Å². The van der Waals surface area contributed by atoms with Gasteiger partial charge in [0.15, 0.2) is 0 Å². The minimum absolute atomic E-state index is 0.158. The van der Waals surface area contributed by atoms with Crippen molar-refractivity contribution in [3.8, 4) is 0 Å². The van der Waals surface area contributed by atoms with Crippen molar-refractivity contribution in [1.82, 2.24) is 14.8 Å².